The van der Waals surface area contributed by atoms with E-state index in [0.29, 0.717) is 51.3 Å². The van der Waals surface area contributed by atoms with Gasteiger partial charge in [0.1, 0.15) is 11.5 Å². The van der Waals surface area contributed by atoms with Gasteiger partial charge in [0.2, 0.25) is 5.91 Å². The van der Waals surface area contributed by atoms with Gasteiger partial charge in [0.05, 0.1) is 63.8 Å². The van der Waals surface area contributed by atoms with Crippen molar-refractivity contribution in [2.75, 3.05) is 30.1 Å². The van der Waals surface area contributed by atoms with Crippen molar-refractivity contribution in [2.24, 2.45) is 5.92 Å². The van der Waals surface area contributed by atoms with Gasteiger partial charge in [-0.1, -0.05) is 85.3 Å². The van der Waals surface area contributed by atoms with Gasteiger partial charge in [-0.15, -0.1) is 0 Å². The second-order valence-corrected chi connectivity index (χ2v) is 22.0. The summed E-state index contributed by atoms with van der Waals surface area (Å²) in [4.78, 5) is 48.9. The Balaban J connectivity index is 1.07. The van der Waals surface area contributed by atoms with Crippen LogP contribution < -0.4 is 24.5 Å². The van der Waals surface area contributed by atoms with Crippen molar-refractivity contribution in [2.45, 2.75) is 69.1 Å². The Hall–Kier alpha value is -5.46. The molecule has 0 unspecified atom stereocenters. The Morgan fingerprint density at radius 1 is 0.917 bits per heavy atom. The third-order valence-corrected chi connectivity index (χ3v) is 17.9. The summed E-state index contributed by atoms with van der Waals surface area (Å²) in [6.07, 6.45) is 1.11. The van der Waals surface area contributed by atoms with Gasteiger partial charge in [-0.3, -0.25) is 19.3 Å². The quantitative estimate of drug-likeness (QED) is 0.148. The second-order valence-electron chi connectivity index (χ2n) is 16.9. The van der Waals surface area contributed by atoms with Crippen molar-refractivity contribution in [1.29, 1.82) is 0 Å². The number of anilines is 3. The predicted molar refractivity (Wildman–Crippen MR) is 235 cm³/mol. The maximum absolute atomic E-state index is 15.4. The van der Waals surface area contributed by atoms with Crippen LogP contribution in [0.4, 0.5) is 17.1 Å². The average molecular weight is 842 g/mol. The van der Waals surface area contributed by atoms with Gasteiger partial charge < -0.3 is 29.1 Å². The van der Waals surface area contributed by atoms with Crippen molar-refractivity contribution in [3.63, 3.8) is 0 Å². The van der Waals surface area contributed by atoms with Gasteiger partial charge in [-0.05, 0) is 90.7 Å². The number of aliphatic hydroxyl groups is 1. The number of hydrogen-bond acceptors (Lipinski definition) is 7. The van der Waals surface area contributed by atoms with E-state index in [4.69, 9.17) is 25.8 Å². The number of hydrogen-bond donors (Lipinski definition) is 1. The Morgan fingerprint density at radius 2 is 1.63 bits per heavy atom. The van der Waals surface area contributed by atoms with E-state index in [1.807, 2.05) is 84.9 Å². The minimum atomic E-state index is -2.52. The average Bonchev–Trinajstić information content (AvgIpc) is 3.89. The number of fused-ring (bicyclic) bond motifs is 4. The maximum atomic E-state index is 15.4. The molecular weight excluding hydrogens is 794 g/mol. The molecular formula is C48H48ClN3O7Si. The largest absolute Gasteiger partial charge is 0.497 e. The zero-order valence-electron chi connectivity index (χ0n) is 34.1. The molecule has 5 atom stereocenters. The number of rotatable bonds is 9. The third-order valence-electron chi connectivity index (χ3n) is 13.3. The van der Waals surface area contributed by atoms with E-state index in [0.717, 1.165) is 24.2 Å². The van der Waals surface area contributed by atoms with Crippen molar-refractivity contribution in [3.8, 4) is 17.2 Å². The van der Waals surface area contributed by atoms with Gasteiger partial charge in [0.25, 0.3) is 11.8 Å². The lowest BCUT2D eigenvalue weighted by Crippen LogP contribution is -2.52. The Bertz CT molecular complexity index is 2480. The molecule has 4 aliphatic heterocycles. The van der Waals surface area contributed by atoms with Crippen LogP contribution in [0.25, 0.3) is 0 Å². The number of methoxy groups -OCH3 is 1. The number of amides is 3. The zero-order chi connectivity index (χ0) is 41.9. The second kappa shape index (κ2) is 15.5. The van der Waals surface area contributed by atoms with E-state index in [9.17, 15) is 14.7 Å². The first-order valence-corrected chi connectivity index (χ1v) is 24.1. The zero-order valence-corrected chi connectivity index (χ0v) is 35.9. The van der Waals surface area contributed by atoms with E-state index in [-0.39, 0.29) is 54.8 Å². The summed E-state index contributed by atoms with van der Waals surface area (Å²) in [6, 6.07) is 35.8. The van der Waals surface area contributed by atoms with Crippen LogP contribution >= 0.6 is 11.6 Å². The topological polar surface area (TPSA) is 109 Å². The molecule has 308 valence electrons. The van der Waals surface area contributed by atoms with Crippen LogP contribution in [0, 0.1) is 5.92 Å². The van der Waals surface area contributed by atoms with Crippen LogP contribution in [-0.2, 0) is 26.5 Å². The highest BCUT2D eigenvalue weighted by molar-refractivity contribution is 6.91. The summed E-state index contributed by atoms with van der Waals surface area (Å²) < 4.78 is 18.9. The molecule has 0 bridgehead atoms. The van der Waals surface area contributed by atoms with Crippen LogP contribution in [0.3, 0.4) is 0 Å². The van der Waals surface area contributed by atoms with Gasteiger partial charge in [-0.25, -0.2) is 0 Å². The number of nitrogens with zero attached hydrogens (tertiary/aromatic N) is 3. The first-order valence-electron chi connectivity index (χ1n) is 20.6. The van der Waals surface area contributed by atoms with Crippen molar-refractivity contribution in [1.82, 2.24) is 4.90 Å². The van der Waals surface area contributed by atoms with E-state index in [2.05, 4.69) is 32.2 Å². The van der Waals surface area contributed by atoms with Crippen LogP contribution in [0.15, 0.2) is 115 Å². The first kappa shape index (κ1) is 40.0. The summed E-state index contributed by atoms with van der Waals surface area (Å²) in [6.45, 7) is 7.42. The van der Waals surface area contributed by atoms with E-state index >= 15 is 4.79 Å². The van der Waals surface area contributed by atoms with Gasteiger partial charge in [-0.2, -0.15) is 0 Å². The van der Waals surface area contributed by atoms with Gasteiger partial charge >= 0.3 is 0 Å². The molecule has 2 saturated heterocycles. The van der Waals surface area contributed by atoms with Crippen LogP contribution in [-0.4, -0.2) is 68.2 Å². The lowest BCUT2D eigenvalue weighted by Gasteiger charge is -2.37. The summed E-state index contributed by atoms with van der Waals surface area (Å²) in [5, 5.41) is 11.8. The summed E-state index contributed by atoms with van der Waals surface area (Å²) in [5.41, 5.74) is 2.44. The SMILES string of the molecule is COc1ccc([Si](C)(C)[C@@H]2[C@@H](CC(=O)N3CCC[C@H]3CO)O[C@]3(C(=O)N(Cc4ccc(N5C(=O)c6ccccc6Oc6ccccc65)cc4)c4ccc(Cl)cc43)[C@H]2C)cc1. The highest BCUT2D eigenvalue weighted by Crippen LogP contribution is 2.60. The lowest BCUT2D eigenvalue weighted by atomic mass is 9.82. The molecule has 0 saturated carbocycles. The van der Waals surface area contributed by atoms with Crippen LogP contribution in [0.1, 0.15) is 47.7 Å². The molecule has 2 fully saturated rings. The monoisotopic (exact) mass is 841 g/mol. The Morgan fingerprint density at radius 3 is 2.37 bits per heavy atom. The molecule has 1 N–H and O–H groups in total. The van der Waals surface area contributed by atoms with Crippen molar-refractivity contribution >= 4 is 59.6 Å². The van der Waals surface area contributed by atoms with E-state index in [1.54, 1.807) is 40.0 Å². The van der Waals surface area contributed by atoms with E-state index < -0.39 is 19.8 Å². The van der Waals surface area contributed by atoms with Crippen molar-refractivity contribution in [3.05, 3.63) is 137 Å². The fourth-order valence-corrected chi connectivity index (χ4v) is 14.5. The molecule has 10 nitrogen and oxygen atoms in total. The van der Waals surface area contributed by atoms with Gasteiger partial charge in [0.15, 0.2) is 11.4 Å². The number of halogens is 1. The number of likely N-dealkylation sites (tertiary alicyclic amines) is 1. The Kier molecular flexibility index (Phi) is 10.3. The molecule has 5 aromatic rings. The molecule has 4 heterocycles. The summed E-state index contributed by atoms with van der Waals surface area (Å²) in [7, 11) is -0.873. The molecule has 60 heavy (non-hydrogen) atoms. The number of para-hydroxylation sites is 3. The fraction of sp³-hybridized carbons (Fsp3) is 0.312. The highest BCUT2D eigenvalue weighted by atomic mass is 35.5. The molecule has 0 aliphatic carbocycles. The molecule has 0 aromatic heterocycles. The minimum absolute atomic E-state index is 0.0698. The normalized spacial score (nSPS) is 23.3. The molecule has 9 rings (SSSR count). The summed E-state index contributed by atoms with van der Waals surface area (Å²) >= 11 is 6.75. The van der Waals surface area contributed by atoms with Gasteiger partial charge in [0, 0.05) is 28.7 Å². The minimum Gasteiger partial charge on any atom is -0.497 e. The first-order chi connectivity index (χ1) is 29.0. The van der Waals surface area contributed by atoms with E-state index in [1.165, 1.54) is 5.19 Å². The predicted octanol–water partition coefficient (Wildman–Crippen LogP) is 8.57. The lowest BCUT2D eigenvalue weighted by molar-refractivity contribution is -0.150. The third kappa shape index (κ3) is 6.50. The molecule has 12 heteroatoms. The standard InChI is InChI=1S/C48H48ClN3O7Si/c1-30-45(60(3,4)36-22-20-35(57-2)21-23-36)43(27-44(54)50-25-9-10-34(50)29-53)59-48(30)38-26-32(49)17-24-39(38)51(47(48)56)28-31-15-18-33(19-16-31)52-40-12-6-8-14-42(40)58-41-13-7-5-11-37(41)46(52)55/h5-8,11-24,26,30,34,43,45,53H,9-10,25,27-29H2,1-4H3/t30-,34-,43+,45-,48+/m0/s1. The smallest absolute Gasteiger partial charge is 0.266 e. The maximum Gasteiger partial charge on any atom is 0.266 e. The number of benzene rings is 5. The molecule has 4 aliphatic rings. The number of ether oxygens (including phenoxy) is 3. The molecule has 1 spiro atoms. The van der Waals surface area contributed by atoms with Crippen molar-refractivity contribution < 1.29 is 33.7 Å². The number of aliphatic hydroxyl groups excluding tert-OH is 1. The molecule has 0 radical (unpaired) electrons. The van der Waals surface area contributed by atoms with Crippen LogP contribution in [0.5, 0.6) is 17.2 Å². The highest BCUT2D eigenvalue weighted by Gasteiger charge is 2.66. The number of carbonyl (C=O) groups excluding carboxylic acids is 3. The molecule has 5 aromatic carbocycles. The molecule has 3 amide bonds. The fourth-order valence-electron chi connectivity index (χ4n) is 10.3. The van der Waals surface area contributed by atoms with Crippen LogP contribution in [0.2, 0.25) is 23.7 Å². The Labute approximate surface area is 356 Å². The number of carbonyl (C=O) groups is 3. The summed E-state index contributed by atoms with van der Waals surface area (Å²) in [5.74, 6) is 1.01.